The number of hydrogen-bond donors (Lipinski definition) is 2. The first kappa shape index (κ1) is 16.7. The Labute approximate surface area is 135 Å². The second-order valence-electron chi connectivity index (χ2n) is 5.52. The highest BCUT2D eigenvalue weighted by molar-refractivity contribution is 5.96. The molecule has 0 aliphatic rings. The van der Waals surface area contributed by atoms with Gasteiger partial charge in [0.25, 0.3) is 5.91 Å². The molecule has 0 aliphatic heterocycles. The van der Waals surface area contributed by atoms with Crippen LogP contribution in [0.25, 0.3) is 5.69 Å². The Kier molecular flexibility index (Phi) is 5.51. The van der Waals surface area contributed by atoms with Crippen molar-refractivity contribution in [2.45, 2.75) is 39.2 Å². The second-order valence-corrected chi connectivity index (χ2v) is 5.52. The van der Waals surface area contributed by atoms with E-state index < -0.39 is 12.0 Å². The molecule has 6 heteroatoms. The Morgan fingerprint density at radius 3 is 2.52 bits per heavy atom. The van der Waals surface area contributed by atoms with Gasteiger partial charge < -0.3 is 10.4 Å². The minimum Gasteiger partial charge on any atom is -0.480 e. The summed E-state index contributed by atoms with van der Waals surface area (Å²) in [6, 6.07) is 6.04. The van der Waals surface area contributed by atoms with E-state index in [4.69, 9.17) is 5.11 Å². The highest BCUT2D eigenvalue weighted by Gasteiger charge is 2.19. The number of aromatic nitrogens is 2. The number of nitrogens with one attached hydrogen (secondary N) is 1. The first-order chi connectivity index (χ1) is 11.0. The topological polar surface area (TPSA) is 84.2 Å². The van der Waals surface area contributed by atoms with Crippen LogP contribution in [-0.2, 0) is 4.79 Å². The number of amides is 1. The summed E-state index contributed by atoms with van der Waals surface area (Å²) >= 11 is 0. The molecule has 1 heterocycles. The van der Waals surface area contributed by atoms with Gasteiger partial charge in [-0.05, 0) is 43.2 Å². The Hall–Kier alpha value is -2.63. The fourth-order valence-electron chi connectivity index (χ4n) is 2.23. The Balaban J connectivity index is 2.06. The summed E-state index contributed by atoms with van der Waals surface area (Å²) in [6.07, 6.45) is 5.72. The van der Waals surface area contributed by atoms with Crippen molar-refractivity contribution < 1.29 is 14.7 Å². The van der Waals surface area contributed by atoms with Crippen LogP contribution < -0.4 is 5.32 Å². The molecule has 1 aromatic carbocycles. The third-order valence-corrected chi connectivity index (χ3v) is 3.56. The van der Waals surface area contributed by atoms with Gasteiger partial charge in [0.15, 0.2) is 0 Å². The monoisotopic (exact) mass is 315 g/mol. The van der Waals surface area contributed by atoms with Gasteiger partial charge in [-0.1, -0.05) is 19.8 Å². The first-order valence-corrected chi connectivity index (χ1v) is 7.66. The third kappa shape index (κ3) is 4.42. The SMILES string of the molecule is CCCC[C@H](NC(=O)c1ccc(-n2cc(C)cn2)cc1)C(=O)O. The zero-order chi connectivity index (χ0) is 16.8. The van der Waals surface area contributed by atoms with Crippen LogP contribution in [0.15, 0.2) is 36.7 Å². The summed E-state index contributed by atoms with van der Waals surface area (Å²) in [5, 5.41) is 15.9. The minimum atomic E-state index is -1.00. The lowest BCUT2D eigenvalue weighted by atomic mass is 10.1. The molecule has 0 radical (unpaired) electrons. The average molecular weight is 315 g/mol. The standard InChI is InChI=1S/C17H21N3O3/c1-3-4-5-15(17(22)23)19-16(21)13-6-8-14(9-7-13)20-11-12(2)10-18-20/h6-11,15H,3-5H2,1-2H3,(H,19,21)(H,22,23)/t15-/m0/s1. The van der Waals surface area contributed by atoms with Gasteiger partial charge in [-0.3, -0.25) is 4.79 Å². The van der Waals surface area contributed by atoms with Crippen molar-refractivity contribution in [2.24, 2.45) is 0 Å². The fraction of sp³-hybridized carbons (Fsp3) is 0.353. The van der Waals surface area contributed by atoms with Crippen LogP contribution in [-0.4, -0.2) is 32.8 Å². The Morgan fingerprint density at radius 2 is 2.00 bits per heavy atom. The van der Waals surface area contributed by atoms with E-state index in [-0.39, 0.29) is 5.91 Å². The highest BCUT2D eigenvalue weighted by atomic mass is 16.4. The molecule has 1 amide bonds. The van der Waals surface area contributed by atoms with E-state index in [9.17, 15) is 9.59 Å². The van der Waals surface area contributed by atoms with Crippen molar-refractivity contribution in [2.75, 3.05) is 0 Å². The van der Waals surface area contributed by atoms with Crippen molar-refractivity contribution in [3.05, 3.63) is 47.8 Å². The molecule has 23 heavy (non-hydrogen) atoms. The van der Waals surface area contributed by atoms with Crippen molar-refractivity contribution in [1.29, 1.82) is 0 Å². The lowest BCUT2D eigenvalue weighted by Crippen LogP contribution is -2.40. The number of carboxylic acid groups (broad SMARTS) is 1. The fourth-order valence-corrected chi connectivity index (χ4v) is 2.23. The molecule has 0 aliphatic carbocycles. The van der Waals surface area contributed by atoms with Gasteiger partial charge in [0.05, 0.1) is 11.9 Å². The molecular weight excluding hydrogens is 294 g/mol. The molecule has 122 valence electrons. The number of nitrogens with zero attached hydrogens (tertiary/aromatic N) is 2. The number of aryl methyl sites for hydroxylation is 1. The zero-order valence-electron chi connectivity index (χ0n) is 13.3. The number of hydrogen-bond acceptors (Lipinski definition) is 3. The van der Waals surface area contributed by atoms with E-state index in [0.717, 1.165) is 24.1 Å². The van der Waals surface area contributed by atoms with Crippen LogP contribution in [0.1, 0.15) is 42.1 Å². The molecule has 2 rings (SSSR count). The largest absolute Gasteiger partial charge is 0.480 e. The third-order valence-electron chi connectivity index (χ3n) is 3.56. The van der Waals surface area contributed by atoms with Gasteiger partial charge in [0.2, 0.25) is 0 Å². The predicted molar refractivity (Wildman–Crippen MR) is 86.7 cm³/mol. The van der Waals surface area contributed by atoms with E-state index in [1.54, 1.807) is 35.1 Å². The Morgan fingerprint density at radius 1 is 1.30 bits per heavy atom. The van der Waals surface area contributed by atoms with Gasteiger partial charge in [-0.25, -0.2) is 9.48 Å². The number of carbonyl (C=O) groups excluding carboxylic acids is 1. The number of rotatable bonds is 7. The van der Waals surface area contributed by atoms with Gasteiger partial charge >= 0.3 is 5.97 Å². The number of carbonyl (C=O) groups is 2. The van der Waals surface area contributed by atoms with Gasteiger partial charge in [-0.15, -0.1) is 0 Å². The van der Waals surface area contributed by atoms with Crippen LogP contribution >= 0.6 is 0 Å². The van der Waals surface area contributed by atoms with Crippen LogP contribution in [0.3, 0.4) is 0 Å². The van der Waals surface area contributed by atoms with Crippen molar-refractivity contribution >= 4 is 11.9 Å². The highest BCUT2D eigenvalue weighted by Crippen LogP contribution is 2.11. The summed E-state index contributed by atoms with van der Waals surface area (Å²) in [7, 11) is 0. The minimum absolute atomic E-state index is 0.378. The van der Waals surface area contributed by atoms with Crippen LogP contribution in [0, 0.1) is 6.92 Å². The number of carboxylic acids is 1. The average Bonchev–Trinajstić information content (AvgIpc) is 2.97. The van der Waals surface area contributed by atoms with Crippen molar-refractivity contribution in [3.63, 3.8) is 0 Å². The second kappa shape index (κ2) is 7.58. The molecule has 0 saturated heterocycles. The zero-order valence-corrected chi connectivity index (χ0v) is 13.3. The molecular formula is C17H21N3O3. The van der Waals surface area contributed by atoms with Gasteiger partial charge in [0, 0.05) is 11.8 Å². The van der Waals surface area contributed by atoms with E-state index in [1.807, 2.05) is 20.0 Å². The quantitative estimate of drug-likeness (QED) is 0.822. The molecule has 0 saturated carbocycles. The maximum Gasteiger partial charge on any atom is 0.326 e. The van der Waals surface area contributed by atoms with Crippen molar-refractivity contribution in [3.8, 4) is 5.69 Å². The van der Waals surface area contributed by atoms with E-state index >= 15 is 0 Å². The molecule has 0 bridgehead atoms. The predicted octanol–water partition coefficient (Wildman–Crippen LogP) is 2.55. The van der Waals surface area contributed by atoms with Crippen LogP contribution in [0.5, 0.6) is 0 Å². The van der Waals surface area contributed by atoms with Gasteiger partial charge in [-0.2, -0.15) is 5.10 Å². The van der Waals surface area contributed by atoms with E-state index in [2.05, 4.69) is 10.4 Å². The summed E-state index contributed by atoms with van der Waals surface area (Å²) in [5.74, 6) is -1.38. The number of benzene rings is 1. The summed E-state index contributed by atoms with van der Waals surface area (Å²) in [6.45, 7) is 3.93. The van der Waals surface area contributed by atoms with Crippen LogP contribution in [0.2, 0.25) is 0 Å². The van der Waals surface area contributed by atoms with Crippen LogP contribution in [0.4, 0.5) is 0 Å². The van der Waals surface area contributed by atoms with E-state index in [0.29, 0.717) is 12.0 Å². The molecule has 1 aromatic heterocycles. The molecule has 6 nitrogen and oxygen atoms in total. The molecule has 0 spiro atoms. The van der Waals surface area contributed by atoms with Crippen molar-refractivity contribution in [1.82, 2.24) is 15.1 Å². The Bertz CT molecular complexity index is 677. The molecule has 1 atom stereocenters. The molecule has 0 unspecified atom stereocenters. The lowest BCUT2D eigenvalue weighted by Gasteiger charge is -2.14. The summed E-state index contributed by atoms with van der Waals surface area (Å²) in [5.41, 5.74) is 2.32. The maximum atomic E-state index is 12.2. The maximum absolute atomic E-state index is 12.2. The van der Waals surface area contributed by atoms with Gasteiger partial charge in [0.1, 0.15) is 6.04 Å². The summed E-state index contributed by atoms with van der Waals surface area (Å²) in [4.78, 5) is 23.4. The molecule has 2 N–H and O–H groups in total. The lowest BCUT2D eigenvalue weighted by molar-refractivity contribution is -0.139. The molecule has 2 aromatic rings. The smallest absolute Gasteiger partial charge is 0.326 e. The summed E-state index contributed by atoms with van der Waals surface area (Å²) < 4.78 is 1.72. The molecule has 0 fully saturated rings. The first-order valence-electron chi connectivity index (χ1n) is 7.66. The van der Waals surface area contributed by atoms with E-state index in [1.165, 1.54) is 0 Å². The normalized spacial score (nSPS) is 11.9. The number of unbranched alkanes of at least 4 members (excludes halogenated alkanes) is 1. The number of aliphatic carboxylic acids is 1.